The molecule has 1 aliphatic rings. The lowest BCUT2D eigenvalue weighted by Crippen LogP contribution is -2.32. The summed E-state index contributed by atoms with van der Waals surface area (Å²) >= 11 is 0. The van der Waals surface area contributed by atoms with Crippen LogP contribution < -0.4 is 19.7 Å². The van der Waals surface area contributed by atoms with Crippen LogP contribution >= 0.6 is 0 Å². The van der Waals surface area contributed by atoms with E-state index in [1.807, 2.05) is 17.0 Å². The fourth-order valence-electron chi connectivity index (χ4n) is 2.68. The van der Waals surface area contributed by atoms with E-state index in [2.05, 4.69) is 10.3 Å². The van der Waals surface area contributed by atoms with Crippen molar-refractivity contribution in [2.45, 2.75) is 6.42 Å². The van der Waals surface area contributed by atoms with E-state index in [4.69, 9.17) is 9.47 Å². The highest BCUT2D eigenvalue weighted by Crippen LogP contribution is 2.27. The van der Waals surface area contributed by atoms with Crippen LogP contribution in [0.15, 0.2) is 36.5 Å². The van der Waals surface area contributed by atoms with E-state index in [0.29, 0.717) is 17.2 Å². The molecule has 2 heterocycles. The number of nitrogens with zero attached hydrogens (tertiary/aromatic N) is 2. The first-order valence-corrected chi connectivity index (χ1v) is 7.41. The molecule has 2 aromatic rings. The number of fused-ring (bicyclic) bond motifs is 1. The number of benzene rings is 1. The average molecular weight is 313 g/mol. The van der Waals surface area contributed by atoms with E-state index in [-0.39, 0.29) is 12.5 Å². The second-order valence-electron chi connectivity index (χ2n) is 5.31. The van der Waals surface area contributed by atoms with Gasteiger partial charge in [0.1, 0.15) is 17.3 Å². The van der Waals surface area contributed by atoms with Crippen LogP contribution in [-0.4, -0.2) is 38.2 Å². The molecule has 0 aliphatic carbocycles. The van der Waals surface area contributed by atoms with Gasteiger partial charge in [-0.15, -0.1) is 0 Å². The Balaban J connectivity index is 1.69. The third-order valence-corrected chi connectivity index (χ3v) is 3.79. The first-order valence-electron chi connectivity index (χ1n) is 7.41. The van der Waals surface area contributed by atoms with Gasteiger partial charge < -0.3 is 19.7 Å². The number of hydrogen-bond acceptors (Lipinski definition) is 5. The van der Waals surface area contributed by atoms with Gasteiger partial charge in [0, 0.05) is 36.6 Å². The lowest BCUT2D eigenvalue weighted by atomic mass is 10.2. The molecule has 0 bridgehead atoms. The third-order valence-electron chi connectivity index (χ3n) is 3.79. The van der Waals surface area contributed by atoms with Crippen molar-refractivity contribution in [1.82, 2.24) is 4.98 Å². The summed E-state index contributed by atoms with van der Waals surface area (Å²) < 4.78 is 10.4. The van der Waals surface area contributed by atoms with Crippen molar-refractivity contribution in [3.05, 3.63) is 42.1 Å². The molecular formula is C17H19N3O3. The molecule has 1 N–H and O–H groups in total. The highest BCUT2D eigenvalue weighted by molar-refractivity contribution is 5.94. The first-order chi connectivity index (χ1) is 11.2. The SMILES string of the molecule is COc1cc(NC(=O)CN2CCc3cccnc32)cc(OC)c1. The summed E-state index contributed by atoms with van der Waals surface area (Å²) in [7, 11) is 3.15. The van der Waals surface area contributed by atoms with Gasteiger partial charge in [-0.05, 0) is 18.1 Å². The molecule has 120 valence electrons. The van der Waals surface area contributed by atoms with Crippen molar-refractivity contribution < 1.29 is 14.3 Å². The first kappa shape index (κ1) is 15.1. The second kappa shape index (κ2) is 6.56. The molecule has 0 spiro atoms. The van der Waals surface area contributed by atoms with Crippen LogP contribution in [-0.2, 0) is 11.2 Å². The fourth-order valence-corrected chi connectivity index (χ4v) is 2.68. The Hall–Kier alpha value is -2.76. The van der Waals surface area contributed by atoms with E-state index in [0.717, 1.165) is 18.8 Å². The van der Waals surface area contributed by atoms with Gasteiger partial charge in [0.25, 0.3) is 0 Å². The van der Waals surface area contributed by atoms with Crippen LogP contribution in [0.25, 0.3) is 0 Å². The van der Waals surface area contributed by atoms with Gasteiger partial charge in [-0.3, -0.25) is 4.79 Å². The lowest BCUT2D eigenvalue weighted by Gasteiger charge is -2.18. The summed E-state index contributed by atoms with van der Waals surface area (Å²) in [5, 5.41) is 2.88. The van der Waals surface area contributed by atoms with Crippen molar-refractivity contribution in [2.24, 2.45) is 0 Å². The van der Waals surface area contributed by atoms with Crippen molar-refractivity contribution in [1.29, 1.82) is 0 Å². The highest BCUT2D eigenvalue weighted by atomic mass is 16.5. The lowest BCUT2D eigenvalue weighted by molar-refractivity contribution is -0.115. The minimum Gasteiger partial charge on any atom is -0.497 e. The Kier molecular flexibility index (Phi) is 4.32. The predicted octanol–water partition coefficient (Wildman–Crippen LogP) is 2.10. The number of aromatic nitrogens is 1. The van der Waals surface area contributed by atoms with Crippen LogP contribution in [0.2, 0.25) is 0 Å². The summed E-state index contributed by atoms with van der Waals surface area (Å²) in [4.78, 5) is 18.7. The zero-order valence-corrected chi connectivity index (χ0v) is 13.2. The maximum atomic E-state index is 12.3. The average Bonchev–Trinajstić information content (AvgIpc) is 2.97. The molecule has 6 nitrogen and oxygen atoms in total. The van der Waals surface area contributed by atoms with E-state index >= 15 is 0 Å². The third kappa shape index (κ3) is 3.36. The number of hydrogen-bond donors (Lipinski definition) is 1. The molecule has 0 radical (unpaired) electrons. The van der Waals surface area contributed by atoms with Gasteiger partial charge in [0.15, 0.2) is 0 Å². The quantitative estimate of drug-likeness (QED) is 0.916. The summed E-state index contributed by atoms with van der Waals surface area (Å²) in [6, 6.07) is 9.25. The zero-order valence-electron chi connectivity index (χ0n) is 13.2. The maximum Gasteiger partial charge on any atom is 0.243 e. The Labute approximate surface area is 135 Å². The van der Waals surface area contributed by atoms with Crippen LogP contribution in [0, 0.1) is 0 Å². The molecule has 6 heteroatoms. The monoisotopic (exact) mass is 313 g/mol. The number of carbonyl (C=O) groups is 1. The number of amides is 1. The molecule has 0 unspecified atom stereocenters. The predicted molar refractivity (Wildman–Crippen MR) is 88.3 cm³/mol. The number of rotatable bonds is 5. The molecule has 0 saturated heterocycles. The van der Waals surface area contributed by atoms with Crippen molar-refractivity contribution >= 4 is 17.4 Å². The molecule has 3 rings (SSSR count). The van der Waals surface area contributed by atoms with Crippen LogP contribution in [0.4, 0.5) is 11.5 Å². The molecule has 1 amide bonds. The standard InChI is InChI=1S/C17H19N3O3/c1-22-14-8-13(9-15(10-14)23-2)19-16(21)11-20-7-5-12-4-3-6-18-17(12)20/h3-4,6,8-10H,5,7,11H2,1-2H3,(H,19,21). The molecule has 1 aromatic carbocycles. The summed E-state index contributed by atoms with van der Waals surface area (Å²) in [5.74, 6) is 2.06. The highest BCUT2D eigenvalue weighted by Gasteiger charge is 2.22. The van der Waals surface area contributed by atoms with Gasteiger partial charge in [-0.1, -0.05) is 6.07 Å². The fraction of sp³-hybridized carbons (Fsp3) is 0.294. The molecule has 0 saturated carbocycles. The van der Waals surface area contributed by atoms with E-state index in [1.165, 1.54) is 5.56 Å². The molecule has 23 heavy (non-hydrogen) atoms. The Morgan fingerprint density at radius 2 is 2.00 bits per heavy atom. The van der Waals surface area contributed by atoms with E-state index in [1.54, 1.807) is 38.6 Å². The number of nitrogens with one attached hydrogen (secondary N) is 1. The van der Waals surface area contributed by atoms with Crippen LogP contribution in [0.3, 0.4) is 0 Å². The minimum absolute atomic E-state index is 0.0983. The van der Waals surface area contributed by atoms with Crippen LogP contribution in [0.5, 0.6) is 11.5 Å². The normalized spacial score (nSPS) is 12.7. The van der Waals surface area contributed by atoms with Gasteiger partial charge in [0.05, 0.1) is 20.8 Å². The van der Waals surface area contributed by atoms with Crippen molar-refractivity contribution in [2.75, 3.05) is 37.5 Å². The summed E-state index contributed by atoms with van der Waals surface area (Å²) in [6.45, 7) is 1.07. The summed E-state index contributed by atoms with van der Waals surface area (Å²) in [6.07, 6.45) is 2.67. The smallest absolute Gasteiger partial charge is 0.243 e. The number of pyridine rings is 1. The number of methoxy groups -OCH3 is 2. The van der Waals surface area contributed by atoms with Gasteiger partial charge in [-0.25, -0.2) is 4.98 Å². The molecule has 1 aromatic heterocycles. The maximum absolute atomic E-state index is 12.3. The van der Waals surface area contributed by atoms with Crippen molar-refractivity contribution in [3.63, 3.8) is 0 Å². The second-order valence-corrected chi connectivity index (χ2v) is 5.31. The Bertz CT molecular complexity index is 696. The zero-order chi connectivity index (χ0) is 16.2. The van der Waals surface area contributed by atoms with Crippen LogP contribution in [0.1, 0.15) is 5.56 Å². The molecule has 0 fully saturated rings. The van der Waals surface area contributed by atoms with Crippen molar-refractivity contribution in [3.8, 4) is 11.5 Å². The number of ether oxygens (including phenoxy) is 2. The van der Waals surface area contributed by atoms with E-state index in [9.17, 15) is 4.79 Å². The molecular weight excluding hydrogens is 294 g/mol. The molecule has 1 aliphatic heterocycles. The van der Waals surface area contributed by atoms with E-state index < -0.39 is 0 Å². The number of carbonyl (C=O) groups excluding carboxylic acids is 1. The number of anilines is 2. The Morgan fingerprint density at radius 1 is 1.26 bits per heavy atom. The van der Waals surface area contributed by atoms with Gasteiger partial charge in [-0.2, -0.15) is 0 Å². The van der Waals surface area contributed by atoms with Gasteiger partial charge >= 0.3 is 0 Å². The molecule has 0 atom stereocenters. The minimum atomic E-state index is -0.0983. The largest absolute Gasteiger partial charge is 0.497 e. The van der Waals surface area contributed by atoms with Gasteiger partial charge in [0.2, 0.25) is 5.91 Å². The topological polar surface area (TPSA) is 63.7 Å². The Morgan fingerprint density at radius 3 is 2.70 bits per heavy atom. The summed E-state index contributed by atoms with van der Waals surface area (Å²) in [5.41, 5.74) is 1.83.